The summed E-state index contributed by atoms with van der Waals surface area (Å²) in [6, 6.07) is 17.6. The van der Waals surface area contributed by atoms with Gasteiger partial charge in [0.2, 0.25) is 11.8 Å². The van der Waals surface area contributed by atoms with Crippen LogP contribution in [0.2, 0.25) is 0 Å². The largest absolute Gasteiger partial charge is 0.524 e. The third-order valence-corrected chi connectivity index (χ3v) is 6.19. The van der Waals surface area contributed by atoms with Crippen LogP contribution < -0.4 is 15.2 Å². The van der Waals surface area contributed by atoms with Crippen LogP contribution in [0.5, 0.6) is 5.75 Å². The normalized spacial score (nSPS) is 13.0. The van der Waals surface area contributed by atoms with Crippen molar-refractivity contribution < 1.29 is 38.1 Å². The number of nitrogens with zero attached hydrogens (tertiary/aromatic N) is 2. The molecule has 0 unspecified atom stereocenters. The van der Waals surface area contributed by atoms with Crippen LogP contribution in [-0.4, -0.2) is 49.5 Å². The molecule has 204 valence electrons. The summed E-state index contributed by atoms with van der Waals surface area (Å²) in [4.78, 5) is 47.0. The van der Waals surface area contributed by atoms with Crippen molar-refractivity contribution in [3.05, 3.63) is 89.6 Å². The number of carbonyl (C=O) groups excluding carboxylic acids is 2. The Hall–Kier alpha value is -4.09. The molecule has 2 amide bonds. The van der Waals surface area contributed by atoms with Gasteiger partial charge in [-0.1, -0.05) is 59.8 Å². The molecule has 0 saturated carbocycles. The van der Waals surface area contributed by atoms with Crippen LogP contribution in [0.15, 0.2) is 71.3 Å². The number of hydrogen-bond donors (Lipinski definition) is 5. The van der Waals surface area contributed by atoms with E-state index >= 15 is 0 Å². The highest BCUT2D eigenvalue weighted by atomic mass is 31.2. The minimum Gasteiger partial charge on any atom is -0.404 e. The highest BCUT2D eigenvalue weighted by molar-refractivity contribution is 7.46. The van der Waals surface area contributed by atoms with Crippen LogP contribution in [0.4, 0.5) is 0 Å². The number of aromatic nitrogens is 2. The fourth-order valence-corrected chi connectivity index (χ4v) is 4.38. The van der Waals surface area contributed by atoms with Crippen molar-refractivity contribution in [3.8, 4) is 5.75 Å². The van der Waals surface area contributed by atoms with E-state index in [4.69, 9.17) is 14.3 Å². The van der Waals surface area contributed by atoms with Gasteiger partial charge >= 0.3 is 7.82 Å². The van der Waals surface area contributed by atoms with Crippen molar-refractivity contribution in [1.29, 1.82) is 0 Å². The Morgan fingerprint density at radius 3 is 2.36 bits per heavy atom. The molecule has 4 rings (SSSR count). The zero-order valence-electron chi connectivity index (χ0n) is 20.9. The summed E-state index contributed by atoms with van der Waals surface area (Å²) < 4.78 is 20.8. The Morgan fingerprint density at radius 1 is 1.00 bits per heavy atom. The third-order valence-electron chi connectivity index (χ3n) is 5.74. The molecule has 0 aliphatic rings. The SMILES string of the molecule is CC(=O)N[C@@H](Cc1ccc(OP(=O)(O)O)cc1)C(=O)N[C@@H](CO)c1nc(Cc2ccc3ccccc3c2)no1. The van der Waals surface area contributed by atoms with Crippen LogP contribution in [-0.2, 0) is 27.0 Å². The first-order valence-corrected chi connectivity index (χ1v) is 13.5. The van der Waals surface area contributed by atoms with Crippen LogP contribution >= 0.6 is 7.82 Å². The monoisotopic (exact) mass is 554 g/mol. The van der Waals surface area contributed by atoms with Gasteiger partial charge in [-0.3, -0.25) is 19.4 Å². The van der Waals surface area contributed by atoms with Gasteiger partial charge in [-0.25, -0.2) is 4.57 Å². The first-order valence-electron chi connectivity index (χ1n) is 11.9. The molecule has 0 fully saturated rings. The molecule has 0 spiro atoms. The zero-order chi connectivity index (χ0) is 28.0. The van der Waals surface area contributed by atoms with Gasteiger partial charge in [0.15, 0.2) is 5.82 Å². The zero-order valence-corrected chi connectivity index (χ0v) is 21.7. The fourth-order valence-electron chi connectivity index (χ4n) is 3.98. The average Bonchev–Trinajstić information content (AvgIpc) is 3.34. The van der Waals surface area contributed by atoms with E-state index in [1.807, 2.05) is 42.5 Å². The number of fused-ring (bicyclic) bond motifs is 1. The van der Waals surface area contributed by atoms with Gasteiger partial charge in [0.25, 0.3) is 5.89 Å². The lowest BCUT2D eigenvalue weighted by Crippen LogP contribution is -2.48. The van der Waals surface area contributed by atoms with E-state index in [1.54, 1.807) is 0 Å². The molecule has 0 aliphatic carbocycles. The molecule has 0 aliphatic heterocycles. The molecule has 0 radical (unpaired) electrons. The van der Waals surface area contributed by atoms with Gasteiger partial charge in [0, 0.05) is 19.8 Å². The summed E-state index contributed by atoms with van der Waals surface area (Å²) in [6.07, 6.45) is 0.438. The minimum atomic E-state index is -4.71. The summed E-state index contributed by atoms with van der Waals surface area (Å²) in [5.74, 6) is -0.711. The second-order valence-corrected chi connectivity index (χ2v) is 10.00. The van der Waals surface area contributed by atoms with Gasteiger partial charge in [-0.05, 0) is 34.0 Å². The molecule has 5 N–H and O–H groups in total. The van der Waals surface area contributed by atoms with Crippen molar-refractivity contribution in [1.82, 2.24) is 20.8 Å². The lowest BCUT2D eigenvalue weighted by molar-refractivity contribution is -0.128. The highest BCUT2D eigenvalue weighted by Gasteiger charge is 2.26. The lowest BCUT2D eigenvalue weighted by atomic mass is 10.0. The van der Waals surface area contributed by atoms with Gasteiger partial charge < -0.3 is 24.8 Å². The molecule has 13 heteroatoms. The Balaban J connectivity index is 1.42. The van der Waals surface area contributed by atoms with Crippen molar-refractivity contribution in [2.75, 3.05) is 6.61 Å². The molecule has 1 heterocycles. The predicted octanol–water partition coefficient (Wildman–Crippen LogP) is 2.18. The number of phosphoric ester groups is 1. The quantitative estimate of drug-likeness (QED) is 0.172. The summed E-state index contributed by atoms with van der Waals surface area (Å²) in [7, 11) is -4.71. The van der Waals surface area contributed by atoms with Crippen molar-refractivity contribution >= 4 is 30.4 Å². The first kappa shape index (κ1) is 27.9. The number of aliphatic hydroxyl groups excluding tert-OH is 1. The number of benzene rings is 3. The predicted molar refractivity (Wildman–Crippen MR) is 139 cm³/mol. The van der Waals surface area contributed by atoms with E-state index in [9.17, 15) is 19.3 Å². The maximum absolute atomic E-state index is 13.0. The third kappa shape index (κ3) is 7.95. The number of hydrogen-bond acceptors (Lipinski definition) is 8. The fraction of sp³-hybridized carbons (Fsp3) is 0.231. The molecule has 3 aromatic carbocycles. The van der Waals surface area contributed by atoms with Gasteiger partial charge in [-0.2, -0.15) is 4.98 Å². The van der Waals surface area contributed by atoms with Gasteiger partial charge in [0.05, 0.1) is 6.61 Å². The summed E-state index contributed by atoms with van der Waals surface area (Å²) in [5, 5.41) is 21.3. The van der Waals surface area contributed by atoms with Gasteiger partial charge in [0.1, 0.15) is 17.8 Å². The summed E-state index contributed by atoms with van der Waals surface area (Å²) >= 11 is 0. The second-order valence-electron chi connectivity index (χ2n) is 8.83. The van der Waals surface area contributed by atoms with E-state index in [-0.39, 0.29) is 18.1 Å². The molecular weight excluding hydrogens is 527 g/mol. The number of carbonyl (C=O) groups is 2. The molecule has 1 aromatic heterocycles. The number of aliphatic hydroxyl groups is 1. The van der Waals surface area contributed by atoms with Crippen LogP contribution in [0.25, 0.3) is 10.8 Å². The number of phosphoric acid groups is 1. The maximum Gasteiger partial charge on any atom is 0.524 e. The van der Waals surface area contributed by atoms with Crippen molar-refractivity contribution in [3.63, 3.8) is 0 Å². The molecule has 2 atom stereocenters. The van der Waals surface area contributed by atoms with E-state index < -0.39 is 38.3 Å². The molecular formula is C26H27N4O8P. The molecule has 0 saturated heterocycles. The average molecular weight is 554 g/mol. The first-order chi connectivity index (χ1) is 18.6. The molecule has 12 nitrogen and oxygen atoms in total. The number of nitrogens with one attached hydrogen (secondary N) is 2. The standard InChI is InChI=1S/C26H27N4O8P/c1-16(32)27-22(13-17-7-10-21(11-8-17)38-39(34,35)36)25(33)28-23(15-31)26-29-24(30-37-26)14-18-6-9-19-4-2-3-5-20(19)12-18/h2-12,22-23,31H,13-15H2,1H3,(H,27,32)(H,28,33)(H2,34,35,36)/t22-,23-/m0/s1. The Labute approximate surface area is 223 Å². The molecule has 0 bridgehead atoms. The van der Waals surface area contributed by atoms with E-state index in [2.05, 4.69) is 25.3 Å². The topological polar surface area (TPSA) is 184 Å². The van der Waals surface area contributed by atoms with Crippen molar-refractivity contribution in [2.24, 2.45) is 0 Å². The van der Waals surface area contributed by atoms with Crippen molar-refractivity contribution in [2.45, 2.75) is 31.8 Å². The molecule has 39 heavy (non-hydrogen) atoms. The van der Waals surface area contributed by atoms with Gasteiger partial charge in [-0.15, -0.1) is 0 Å². The number of amides is 2. The smallest absolute Gasteiger partial charge is 0.404 e. The second kappa shape index (κ2) is 12.2. The highest BCUT2D eigenvalue weighted by Crippen LogP contribution is 2.37. The van der Waals surface area contributed by atoms with E-state index in [1.165, 1.54) is 31.2 Å². The number of rotatable bonds is 11. The van der Waals surface area contributed by atoms with Crippen LogP contribution in [0, 0.1) is 0 Å². The maximum atomic E-state index is 13.0. The molecule has 4 aromatic rings. The van der Waals surface area contributed by atoms with E-state index in [0.717, 1.165) is 16.3 Å². The minimum absolute atomic E-state index is 0.0159. The lowest BCUT2D eigenvalue weighted by Gasteiger charge is -2.20. The summed E-state index contributed by atoms with van der Waals surface area (Å²) in [5.41, 5.74) is 1.55. The Morgan fingerprint density at radius 2 is 1.69 bits per heavy atom. The van der Waals surface area contributed by atoms with Crippen LogP contribution in [0.3, 0.4) is 0 Å². The van der Waals surface area contributed by atoms with E-state index in [0.29, 0.717) is 17.8 Å². The summed E-state index contributed by atoms with van der Waals surface area (Å²) in [6.45, 7) is 0.738. The van der Waals surface area contributed by atoms with Crippen LogP contribution in [0.1, 0.15) is 35.8 Å². The Bertz CT molecular complexity index is 1500. The Kier molecular flexibility index (Phi) is 8.72.